The molecule has 2 rings (SSSR count). The van der Waals surface area contributed by atoms with Gasteiger partial charge in [-0.1, -0.05) is 12.1 Å². The number of benzene rings is 1. The summed E-state index contributed by atoms with van der Waals surface area (Å²) in [6, 6.07) is 8.33. The SMILES string of the molecule is CCOc1cccc(C(NC)c2cnn(CC)c2)c1. The van der Waals surface area contributed by atoms with Crippen LogP contribution in [0, 0.1) is 0 Å². The third-order valence-electron chi connectivity index (χ3n) is 3.10. The minimum Gasteiger partial charge on any atom is -0.494 e. The molecule has 0 amide bonds. The fraction of sp³-hybridized carbons (Fsp3) is 0.400. The van der Waals surface area contributed by atoms with Crippen LogP contribution >= 0.6 is 0 Å². The molecule has 2 aromatic rings. The molecule has 1 N–H and O–H groups in total. The molecule has 4 heteroatoms. The van der Waals surface area contributed by atoms with Crippen LogP contribution in [0.2, 0.25) is 0 Å². The molecule has 0 aliphatic heterocycles. The Hall–Kier alpha value is -1.81. The molecule has 0 aliphatic rings. The zero-order valence-corrected chi connectivity index (χ0v) is 11.8. The maximum atomic E-state index is 5.55. The summed E-state index contributed by atoms with van der Waals surface area (Å²) in [5.74, 6) is 0.906. The Labute approximate surface area is 114 Å². The Morgan fingerprint density at radius 2 is 2.16 bits per heavy atom. The van der Waals surface area contributed by atoms with E-state index in [0.717, 1.165) is 17.9 Å². The number of hydrogen-bond acceptors (Lipinski definition) is 3. The third-order valence-corrected chi connectivity index (χ3v) is 3.10. The van der Waals surface area contributed by atoms with E-state index in [9.17, 15) is 0 Å². The van der Waals surface area contributed by atoms with Crippen molar-refractivity contribution in [3.8, 4) is 5.75 Å². The molecule has 0 spiro atoms. The monoisotopic (exact) mass is 259 g/mol. The van der Waals surface area contributed by atoms with Gasteiger partial charge in [0.05, 0.1) is 18.8 Å². The molecule has 0 bridgehead atoms. The topological polar surface area (TPSA) is 39.1 Å². The molecular weight excluding hydrogens is 238 g/mol. The minimum absolute atomic E-state index is 0.140. The summed E-state index contributed by atoms with van der Waals surface area (Å²) < 4.78 is 7.49. The fourth-order valence-corrected chi connectivity index (χ4v) is 2.18. The lowest BCUT2D eigenvalue weighted by atomic mass is 10.0. The summed E-state index contributed by atoms with van der Waals surface area (Å²) in [6.07, 6.45) is 3.99. The van der Waals surface area contributed by atoms with Crippen LogP contribution in [0.5, 0.6) is 5.75 Å². The van der Waals surface area contributed by atoms with Crippen LogP contribution in [0.4, 0.5) is 0 Å². The van der Waals surface area contributed by atoms with E-state index in [0.29, 0.717) is 6.61 Å². The molecule has 0 fully saturated rings. The summed E-state index contributed by atoms with van der Waals surface area (Å²) in [6.45, 7) is 5.64. The van der Waals surface area contributed by atoms with Crippen molar-refractivity contribution < 1.29 is 4.74 Å². The molecule has 19 heavy (non-hydrogen) atoms. The average Bonchev–Trinajstić information content (AvgIpc) is 2.89. The van der Waals surface area contributed by atoms with E-state index in [1.165, 1.54) is 5.56 Å². The minimum atomic E-state index is 0.140. The van der Waals surface area contributed by atoms with Gasteiger partial charge in [-0.05, 0) is 38.6 Å². The Kier molecular flexibility index (Phi) is 4.58. The number of ether oxygens (including phenoxy) is 1. The van der Waals surface area contributed by atoms with Crippen LogP contribution in [-0.2, 0) is 6.54 Å². The molecule has 4 nitrogen and oxygen atoms in total. The lowest BCUT2D eigenvalue weighted by molar-refractivity contribution is 0.339. The molecule has 0 aliphatic carbocycles. The second kappa shape index (κ2) is 6.38. The van der Waals surface area contributed by atoms with E-state index in [4.69, 9.17) is 4.74 Å². The van der Waals surface area contributed by atoms with Crippen molar-refractivity contribution in [1.82, 2.24) is 15.1 Å². The van der Waals surface area contributed by atoms with E-state index in [-0.39, 0.29) is 6.04 Å². The van der Waals surface area contributed by atoms with Gasteiger partial charge in [0.25, 0.3) is 0 Å². The first kappa shape index (κ1) is 13.6. The van der Waals surface area contributed by atoms with Crippen LogP contribution in [-0.4, -0.2) is 23.4 Å². The summed E-state index contributed by atoms with van der Waals surface area (Å²) in [7, 11) is 1.96. The molecular formula is C15H21N3O. The number of aryl methyl sites for hydroxylation is 1. The second-order valence-corrected chi connectivity index (χ2v) is 4.36. The highest BCUT2D eigenvalue weighted by Crippen LogP contribution is 2.24. The molecule has 1 atom stereocenters. The van der Waals surface area contributed by atoms with E-state index >= 15 is 0 Å². The van der Waals surface area contributed by atoms with Gasteiger partial charge in [-0.15, -0.1) is 0 Å². The van der Waals surface area contributed by atoms with Crippen molar-refractivity contribution in [1.29, 1.82) is 0 Å². The van der Waals surface area contributed by atoms with Crippen LogP contribution in [0.1, 0.15) is 31.0 Å². The predicted octanol–water partition coefficient (Wildman–Crippen LogP) is 2.61. The lowest BCUT2D eigenvalue weighted by Gasteiger charge is -2.16. The van der Waals surface area contributed by atoms with Gasteiger partial charge in [-0.3, -0.25) is 4.68 Å². The van der Waals surface area contributed by atoms with Crippen molar-refractivity contribution >= 4 is 0 Å². The summed E-state index contributed by atoms with van der Waals surface area (Å²) in [4.78, 5) is 0. The largest absolute Gasteiger partial charge is 0.494 e. The van der Waals surface area contributed by atoms with Gasteiger partial charge < -0.3 is 10.1 Å². The maximum absolute atomic E-state index is 5.55. The molecule has 1 aromatic carbocycles. The maximum Gasteiger partial charge on any atom is 0.119 e. The van der Waals surface area contributed by atoms with E-state index in [2.05, 4.69) is 35.7 Å². The molecule has 0 radical (unpaired) electrons. The summed E-state index contributed by atoms with van der Waals surface area (Å²) >= 11 is 0. The molecule has 1 aromatic heterocycles. The van der Waals surface area contributed by atoms with Gasteiger partial charge in [0.15, 0.2) is 0 Å². The van der Waals surface area contributed by atoms with Gasteiger partial charge in [-0.2, -0.15) is 5.10 Å². The normalized spacial score (nSPS) is 12.4. The fourth-order valence-electron chi connectivity index (χ4n) is 2.18. The molecule has 1 heterocycles. The molecule has 0 saturated heterocycles. The highest BCUT2D eigenvalue weighted by atomic mass is 16.5. The van der Waals surface area contributed by atoms with Crippen LogP contribution in [0.15, 0.2) is 36.7 Å². The zero-order valence-electron chi connectivity index (χ0n) is 11.8. The highest BCUT2D eigenvalue weighted by Gasteiger charge is 2.14. The van der Waals surface area contributed by atoms with Crippen molar-refractivity contribution in [3.05, 3.63) is 47.8 Å². The van der Waals surface area contributed by atoms with Gasteiger partial charge in [0.1, 0.15) is 5.75 Å². The Balaban J connectivity index is 2.28. The Morgan fingerprint density at radius 3 is 2.79 bits per heavy atom. The Morgan fingerprint density at radius 1 is 1.32 bits per heavy atom. The van der Waals surface area contributed by atoms with Crippen molar-refractivity contribution in [2.75, 3.05) is 13.7 Å². The smallest absolute Gasteiger partial charge is 0.119 e. The van der Waals surface area contributed by atoms with Gasteiger partial charge in [-0.25, -0.2) is 0 Å². The van der Waals surface area contributed by atoms with E-state index in [1.807, 2.05) is 37.0 Å². The van der Waals surface area contributed by atoms with Crippen LogP contribution < -0.4 is 10.1 Å². The first-order valence-corrected chi connectivity index (χ1v) is 6.70. The van der Waals surface area contributed by atoms with Crippen LogP contribution in [0.25, 0.3) is 0 Å². The number of aromatic nitrogens is 2. The quantitative estimate of drug-likeness (QED) is 0.866. The lowest BCUT2D eigenvalue weighted by Crippen LogP contribution is -2.17. The summed E-state index contributed by atoms with van der Waals surface area (Å²) in [5, 5.41) is 7.67. The van der Waals surface area contributed by atoms with Crippen molar-refractivity contribution in [3.63, 3.8) is 0 Å². The highest BCUT2D eigenvalue weighted by molar-refractivity contribution is 5.35. The predicted molar refractivity (Wildman–Crippen MR) is 76.4 cm³/mol. The van der Waals surface area contributed by atoms with Gasteiger partial charge in [0.2, 0.25) is 0 Å². The van der Waals surface area contributed by atoms with E-state index in [1.54, 1.807) is 0 Å². The zero-order chi connectivity index (χ0) is 13.7. The standard InChI is InChI=1S/C15H21N3O/c1-4-18-11-13(10-17-18)15(16-3)12-7-6-8-14(9-12)19-5-2/h6-11,15-16H,4-5H2,1-3H3. The first-order valence-electron chi connectivity index (χ1n) is 6.70. The average molecular weight is 259 g/mol. The van der Waals surface area contributed by atoms with E-state index < -0.39 is 0 Å². The third kappa shape index (κ3) is 3.15. The number of nitrogens with one attached hydrogen (secondary N) is 1. The summed E-state index contributed by atoms with van der Waals surface area (Å²) in [5.41, 5.74) is 2.35. The molecule has 0 saturated carbocycles. The van der Waals surface area contributed by atoms with Gasteiger partial charge in [0, 0.05) is 18.3 Å². The Bertz CT molecular complexity index is 522. The number of rotatable bonds is 6. The van der Waals surface area contributed by atoms with Crippen molar-refractivity contribution in [2.45, 2.75) is 26.4 Å². The first-order chi connectivity index (χ1) is 9.28. The molecule has 1 unspecified atom stereocenters. The van der Waals surface area contributed by atoms with Gasteiger partial charge >= 0.3 is 0 Å². The number of nitrogens with zero attached hydrogens (tertiary/aromatic N) is 2. The molecule has 102 valence electrons. The number of hydrogen-bond donors (Lipinski definition) is 1. The van der Waals surface area contributed by atoms with Crippen molar-refractivity contribution in [2.24, 2.45) is 0 Å². The second-order valence-electron chi connectivity index (χ2n) is 4.36. The van der Waals surface area contributed by atoms with Crippen LogP contribution in [0.3, 0.4) is 0 Å².